The van der Waals surface area contributed by atoms with Gasteiger partial charge in [0.1, 0.15) is 11.6 Å². The Labute approximate surface area is 175 Å². The molecule has 0 unspecified atom stereocenters. The van der Waals surface area contributed by atoms with Crippen LogP contribution in [0.5, 0.6) is 0 Å². The summed E-state index contributed by atoms with van der Waals surface area (Å²) in [7, 11) is 0. The highest BCUT2D eigenvalue weighted by Crippen LogP contribution is 2.27. The zero-order valence-electron chi connectivity index (χ0n) is 16.5. The summed E-state index contributed by atoms with van der Waals surface area (Å²) in [5.74, 6) is -0.420. The predicted molar refractivity (Wildman–Crippen MR) is 115 cm³/mol. The van der Waals surface area contributed by atoms with Gasteiger partial charge in [0, 0.05) is 18.5 Å². The maximum atomic E-state index is 13.2. The lowest BCUT2D eigenvalue weighted by atomic mass is 9.98. The first-order chi connectivity index (χ1) is 14.7. The van der Waals surface area contributed by atoms with Crippen molar-refractivity contribution in [1.82, 2.24) is 10.0 Å². The fourth-order valence-corrected chi connectivity index (χ4v) is 3.46. The van der Waals surface area contributed by atoms with Gasteiger partial charge in [0.2, 0.25) is 5.91 Å². The molecule has 0 saturated heterocycles. The molecule has 2 N–H and O–H groups in total. The van der Waals surface area contributed by atoms with E-state index >= 15 is 0 Å². The van der Waals surface area contributed by atoms with Crippen molar-refractivity contribution in [2.24, 2.45) is 0 Å². The quantitative estimate of drug-likeness (QED) is 0.337. The van der Waals surface area contributed by atoms with Crippen LogP contribution in [0.1, 0.15) is 31.2 Å². The molecule has 3 aromatic rings. The number of unbranched alkanes of at least 4 members (excludes halogenated alkanes) is 2. The molecular weight excluding hydrogens is 378 g/mol. The van der Waals surface area contributed by atoms with Crippen LogP contribution < -0.4 is 11.0 Å². The van der Waals surface area contributed by atoms with Crippen LogP contribution in [0, 0.1) is 11.3 Å². The van der Waals surface area contributed by atoms with Crippen LogP contribution in [0.3, 0.4) is 0 Å². The lowest BCUT2D eigenvalue weighted by Gasteiger charge is -2.16. The van der Waals surface area contributed by atoms with Gasteiger partial charge in [-0.05, 0) is 30.0 Å². The number of nitrogens with one attached hydrogen (secondary N) is 1. The van der Waals surface area contributed by atoms with Crippen LogP contribution in [-0.4, -0.2) is 15.7 Å². The number of rotatable bonds is 8. The molecule has 152 valence electrons. The van der Waals surface area contributed by atoms with Crippen LogP contribution in [0.25, 0.3) is 22.4 Å². The van der Waals surface area contributed by atoms with E-state index in [2.05, 4.69) is 6.07 Å². The number of hydrogen-bond donors (Lipinski definition) is 2. The minimum Gasteiger partial charge on any atom is -0.307 e. The number of hydrogen-bond acceptors (Lipinski definition) is 4. The predicted octanol–water partition coefficient (Wildman–Crippen LogP) is 4.12. The molecule has 0 atom stereocenters. The topological polar surface area (TPSA) is 95.1 Å². The largest absolute Gasteiger partial charge is 0.307 e. The van der Waals surface area contributed by atoms with E-state index in [4.69, 9.17) is 5.21 Å². The third kappa shape index (κ3) is 4.83. The van der Waals surface area contributed by atoms with Crippen molar-refractivity contribution in [2.75, 3.05) is 0 Å². The zero-order valence-corrected chi connectivity index (χ0v) is 16.5. The van der Waals surface area contributed by atoms with Crippen molar-refractivity contribution in [3.63, 3.8) is 0 Å². The molecule has 0 bridgehead atoms. The Morgan fingerprint density at radius 3 is 2.20 bits per heavy atom. The first-order valence-electron chi connectivity index (χ1n) is 9.87. The van der Waals surface area contributed by atoms with Crippen LogP contribution >= 0.6 is 0 Å². The number of pyridine rings is 1. The summed E-state index contributed by atoms with van der Waals surface area (Å²) in [6, 6.07) is 23.1. The van der Waals surface area contributed by atoms with Crippen LogP contribution in [0.2, 0.25) is 0 Å². The van der Waals surface area contributed by atoms with Crippen molar-refractivity contribution < 1.29 is 10.0 Å². The lowest BCUT2D eigenvalue weighted by molar-refractivity contribution is -0.129. The van der Waals surface area contributed by atoms with Crippen molar-refractivity contribution in [3.05, 3.63) is 82.6 Å². The number of benzene rings is 2. The maximum Gasteiger partial charge on any atom is 0.269 e. The summed E-state index contributed by atoms with van der Waals surface area (Å²) >= 11 is 0. The summed E-state index contributed by atoms with van der Waals surface area (Å²) in [5, 5.41) is 18.3. The van der Waals surface area contributed by atoms with Gasteiger partial charge in [-0.25, -0.2) is 5.48 Å². The third-order valence-corrected chi connectivity index (χ3v) is 4.98. The van der Waals surface area contributed by atoms with Gasteiger partial charge in [-0.2, -0.15) is 5.26 Å². The fourth-order valence-electron chi connectivity index (χ4n) is 3.46. The summed E-state index contributed by atoms with van der Waals surface area (Å²) in [4.78, 5) is 24.4. The molecule has 2 aromatic carbocycles. The Kier molecular flexibility index (Phi) is 7.14. The van der Waals surface area contributed by atoms with E-state index in [0.717, 1.165) is 23.2 Å². The maximum absolute atomic E-state index is 13.2. The first kappa shape index (κ1) is 21.0. The second-order valence-electron chi connectivity index (χ2n) is 6.96. The van der Waals surface area contributed by atoms with E-state index in [0.29, 0.717) is 24.9 Å². The highest BCUT2D eigenvalue weighted by molar-refractivity contribution is 5.75. The second-order valence-corrected chi connectivity index (χ2v) is 6.96. The normalized spacial score (nSPS) is 10.4. The van der Waals surface area contributed by atoms with Gasteiger partial charge in [0.05, 0.1) is 5.69 Å². The summed E-state index contributed by atoms with van der Waals surface area (Å²) in [6.45, 7) is 0.438. The van der Waals surface area contributed by atoms with Crippen molar-refractivity contribution in [3.8, 4) is 28.5 Å². The van der Waals surface area contributed by atoms with E-state index in [1.165, 1.54) is 0 Å². The van der Waals surface area contributed by atoms with Crippen LogP contribution in [-0.2, 0) is 11.3 Å². The van der Waals surface area contributed by atoms with Crippen molar-refractivity contribution >= 4 is 5.91 Å². The highest BCUT2D eigenvalue weighted by atomic mass is 16.5. The molecule has 1 heterocycles. The zero-order chi connectivity index (χ0) is 21.3. The Morgan fingerprint density at radius 1 is 0.967 bits per heavy atom. The third-order valence-electron chi connectivity index (χ3n) is 4.98. The minimum atomic E-state index is -0.420. The molecule has 0 saturated carbocycles. The Morgan fingerprint density at radius 2 is 1.60 bits per heavy atom. The highest BCUT2D eigenvalue weighted by Gasteiger charge is 2.17. The average Bonchev–Trinajstić information content (AvgIpc) is 2.80. The fraction of sp³-hybridized carbons (Fsp3) is 0.208. The number of carbonyl (C=O) groups excluding carboxylic acids is 1. The van der Waals surface area contributed by atoms with Gasteiger partial charge in [-0.3, -0.25) is 14.8 Å². The second kappa shape index (κ2) is 10.2. The van der Waals surface area contributed by atoms with E-state index in [1.807, 2.05) is 66.7 Å². The minimum absolute atomic E-state index is 0.125. The number of aromatic nitrogens is 1. The first-order valence-corrected chi connectivity index (χ1v) is 9.87. The van der Waals surface area contributed by atoms with Crippen LogP contribution in [0.15, 0.2) is 71.5 Å². The molecule has 0 fully saturated rings. The van der Waals surface area contributed by atoms with Gasteiger partial charge in [-0.1, -0.05) is 67.1 Å². The van der Waals surface area contributed by atoms with Crippen molar-refractivity contribution in [1.29, 1.82) is 5.26 Å². The number of nitriles is 1. The standard InChI is InChI=1S/C24H23N3O3/c25-17-21-20(18-10-4-1-5-11-18)16-22(19-12-6-2-7-13-19)27(24(21)29)15-9-3-8-14-23(28)26-30/h1-2,4-7,10-13,16,30H,3,8-9,14-15H2,(H,26,28). The number of hydroxylamine groups is 1. The monoisotopic (exact) mass is 401 g/mol. The smallest absolute Gasteiger partial charge is 0.269 e. The molecule has 1 aromatic heterocycles. The van der Waals surface area contributed by atoms with Gasteiger partial charge in [0.15, 0.2) is 0 Å². The van der Waals surface area contributed by atoms with Crippen molar-refractivity contribution in [2.45, 2.75) is 32.2 Å². The number of nitrogens with zero attached hydrogens (tertiary/aromatic N) is 2. The van der Waals surface area contributed by atoms with Gasteiger partial charge in [-0.15, -0.1) is 0 Å². The Hall–Kier alpha value is -3.69. The van der Waals surface area contributed by atoms with Gasteiger partial charge in [0.25, 0.3) is 5.56 Å². The van der Waals surface area contributed by atoms with E-state index in [1.54, 1.807) is 10.0 Å². The molecule has 0 aliphatic rings. The van der Waals surface area contributed by atoms with E-state index in [9.17, 15) is 14.9 Å². The summed E-state index contributed by atoms with van der Waals surface area (Å²) in [6.07, 6.45) is 2.23. The molecule has 1 amide bonds. The number of amides is 1. The molecule has 6 nitrogen and oxygen atoms in total. The Balaban J connectivity index is 1.99. The summed E-state index contributed by atoms with van der Waals surface area (Å²) in [5.41, 5.74) is 4.53. The molecule has 0 spiro atoms. The summed E-state index contributed by atoms with van der Waals surface area (Å²) < 4.78 is 1.65. The van der Waals surface area contributed by atoms with Crippen LogP contribution in [0.4, 0.5) is 0 Å². The molecule has 6 heteroatoms. The van der Waals surface area contributed by atoms with E-state index < -0.39 is 5.91 Å². The SMILES string of the molecule is N#Cc1c(-c2ccccc2)cc(-c2ccccc2)n(CCCCCC(=O)NO)c1=O. The lowest BCUT2D eigenvalue weighted by Crippen LogP contribution is -2.25. The number of carbonyl (C=O) groups is 1. The Bertz CT molecular complexity index is 1100. The van der Waals surface area contributed by atoms with Gasteiger partial charge < -0.3 is 4.57 Å². The average molecular weight is 401 g/mol. The molecule has 0 aliphatic heterocycles. The van der Waals surface area contributed by atoms with E-state index in [-0.39, 0.29) is 17.5 Å². The van der Waals surface area contributed by atoms with Gasteiger partial charge >= 0.3 is 0 Å². The molecule has 0 aliphatic carbocycles. The molecular formula is C24H23N3O3. The molecule has 30 heavy (non-hydrogen) atoms. The molecule has 3 rings (SSSR count). The molecule has 0 radical (unpaired) electrons.